The Morgan fingerprint density at radius 1 is 0.720 bits per heavy atom. The van der Waals surface area contributed by atoms with E-state index < -0.39 is 6.16 Å². The van der Waals surface area contributed by atoms with E-state index in [4.69, 9.17) is 15.0 Å². The SMILES string of the molecule is O=C(O)O.PC(Cc1ccccc1)(c1ccccc1)c1ccccc1. The third-order valence-electron chi connectivity index (χ3n) is 3.90. The van der Waals surface area contributed by atoms with Gasteiger partial charge in [-0.15, -0.1) is 9.24 Å². The molecule has 3 nitrogen and oxygen atoms in total. The Kier molecular flexibility index (Phi) is 6.73. The number of hydrogen-bond acceptors (Lipinski definition) is 1. The minimum absolute atomic E-state index is 0.0934. The summed E-state index contributed by atoms with van der Waals surface area (Å²) < 4.78 is 0. The van der Waals surface area contributed by atoms with Crippen LogP contribution in [0.4, 0.5) is 4.79 Å². The lowest BCUT2D eigenvalue weighted by Gasteiger charge is -2.31. The van der Waals surface area contributed by atoms with Crippen molar-refractivity contribution in [2.45, 2.75) is 11.6 Å². The molecule has 0 aliphatic rings. The predicted octanol–water partition coefficient (Wildman–Crippen LogP) is 5.27. The van der Waals surface area contributed by atoms with Crippen molar-refractivity contribution in [2.24, 2.45) is 0 Å². The first-order chi connectivity index (χ1) is 12.0. The number of carboxylic acid groups (broad SMARTS) is 2. The number of hydrogen-bond donors (Lipinski definition) is 2. The Hall–Kier alpha value is -2.64. The molecule has 0 radical (unpaired) electrons. The van der Waals surface area contributed by atoms with Crippen molar-refractivity contribution in [2.75, 3.05) is 0 Å². The predicted molar refractivity (Wildman–Crippen MR) is 104 cm³/mol. The van der Waals surface area contributed by atoms with E-state index in [0.29, 0.717) is 0 Å². The number of rotatable bonds is 4. The fourth-order valence-electron chi connectivity index (χ4n) is 2.76. The molecule has 2 N–H and O–H groups in total. The molecule has 25 heavy (non-hydrogen) atoms. The second-order valence-electron chi connectivity index (χ2n) is 5.65. The van der Waals surface area contributed by atoms with Gasteiger partial charge in [0.05, 0.1) is 0 Å². The summed E-state index contributed by atoms with van der Waals surface area (Å²) in [5, 5.41) is 13.9. The molecule has 128 valence electrons. The molecule has 0 aliphatic carbocycles. The van der Waals surface area contributed by atoms with Crippen molar-refractivity contribution < 1.29 is 15.0 Å². The molecule has 0 saturated carbocycles. The molecule has 3 aromatic carbocycles. The molecule has 0 aromatic heterocycles. The smallest absolute Gasteiger partial charge is 0.450 e. The van der Waals surface area contributed by atoms with Crippen LogP contribution in [0.2, 0.25) is 0 Å². The van der Waals surface area contributed by atoms with Crippen LogP contribution >= 0.6 is 9.24 Å². The minimum Gasteiger partial charge on any atom is -0.450 e. The molecule has 0 aliphatic heterocycles. The first-order valence-corrected chi connectivity index (χ1v) is 8.46. The largest absolute Gasteiger partial charge is 0.503 e. The quantitative estimate of drug-likeness (QED) is 0.629. The third kappa shape index (κ3) is 5.44. The van der Waals surface area contributed by atoms with Crippen molar-refractivity contribution in [1.82, 2.24) is 0 Å². The summed E-state index contributed by atoms with van der Waals surface area (Å²) in [6.45, 7) is 0. The maximum atomic E-state index is 8.56. The van der Waals surface area contributed by atoms with Crippen LogP contribution in [0.15, 0.2) is 91.0 Å². The normalized spacial score (nSPS) is 10.4. The molecule has 0 spiro atoms. The van der Waals surface area contributed by atoms with E-state index in [-0.39, 0.29) is 5.16 Å². The first-order valence-electron chi connectivity index (χ1n) is 7.88. The lowest BCUT2D eigenvalue weighted by Crippen LogP contribution is -2.22. The van der Waals surface area contributed by atoms with Gasteiger partial charge in [0.2, 0.25) is 0 Å². The Morgan fingerprint density at radius 3 is 1.40 bits per heavy atom. The minimum atomic E-state index is -1.83. The average molecular weight is 352 g/mol. The highest BCUT2D eigenvalue weighted by molar-refractivity contribution is 7.19. The molecule has 0 heterocycles. The fraction of sp³-hybridized carbons (Fsp3) is 0.0952. The van der Waals surface area contributed by atoms with Crippen molar-refractivity contribution in [3.63, 3.8) is 0 Å². The zero-order valence-corrected chi connectivity index (χ0v) is 14.9. The topological polar surface area (TPSA) is 57.5 Å². The molecule has 1 atom stereocenters. The van der Waals surface area contributed by atoms with Gasteiger partial charge in [0.25, 0.3) is 0 Å². The Bertz CT molecular complexity index is 731. The van der Waals surface area contributed by atoms with Gasteiger partial charge in [-0.3, -0.25) is 0 Å². The van der Waals surface area contributed by atoms with Crippen LogP contribution in [0.3, 0.4) is 0 Å². The maximum Gasteiger partial charge on any atom is 0.503 e. The second kappa shape index (κ2) is 9.00. The van der Waals surface area contributed by atoms with Crippen molar-refractivity contribution in [1.29, 1.82) is 0 Å². The standard InChI is InChI=1S/C20H19P.CH2O3/c21-20(18-12-6-2-7-13-18,19-14-8-3-9-15-19)16-17-10-4-1-5-11-17;2-1(3)4/h1-15H,16,21H2;(H2,2,3,4). The van der Waals surface area contributed by atoms with Crippen LogP contribution in [0.1, 0.15) is 16.7 Å². The van der Waals surface area contributed by atoms with Gasteiger partial charge in [-0.05, 0) is 23.1 Å². The van der Waals surface area contributed by atoms with Crippen LogP contribution in [0.25, 0.3) is 0 Å². The van der Waals surface area contributed by atoms with Gasteiger partial charge in [0.1, 0.15) is 0 Å². The van der Waals surface area contributed by atoms with E-state index in [1.165, 1.54) is 16.7 Å². The average Bonchev–Trinajstić information content (AvgIpc) is 2.63. The molecule has 0 bridgehead atoms. The number of carbonyl (C=O) groups is 1. The molecule has 0 saturated heterocycles. The van der Waals surface area contributed by atoms with E-state index in [2.05, 4.69) is 100 Å². The van der Waals surface area contributed by atoms with Gasteiger partial charge in [-0.25, -0.2) is 4.79 Å². The molecule has 3 rings (SSSR count). The van der Waals surface area contributed by atoms with Crippen LogP contribution in [-0.2, 0) is 11.6 Å². The molecular formula is C21H21O3P. The molecule has 0 fully saturated rings. The van der Waals surface area contributed by atoms with Crippen molar-refractivity contribution in [3.8, 4) is 0 Å². The highest BCUT2D eigenvalue weighted by Gasteiger charge is 2.29. The van der Waals surface area contributed by atoms with Gasteiger partial charge >= 0.3 is 6.16 Å². The lowest BCUT2D eigenvalue weighted by atomic mass is 9.85. The molecule has 4 heteroatoms. The fourth-order valence-corrected chi connectivity index (χ4v) is 3.38. The Balaban J connectivity index is 0.000000511. The van der Waals surface area contributed by atoms with Gasteiger partial charge in [0.15, 0.2) is 0 Å². The third-order valence-corrected chi connectivity index (χ3v) is 4.77. The zero-order valence-electron chi connectivity index (χ0n) is 13.7. The summed E-state index contributed by atoms with van der Waals surface area (Å²) in [6.07, 6.45) is -0.869. The van der Waals surface area contributed by atoms with Crippen molar-refractivity contribution in [3.05, 3.63) is 108 Å². The van der Waals surface area contributed by atoms with Crippen LogP contribution in [-0.4, -0.2) is 16.4 Å². The van der Waals surface area contributed by atoms with E-state index in [1.807, 2.05) is 0 Å². The monoisotopic (exact) mass is 352 g/mol. The van der Waals surface area contributed by atoms with Crippen LogP contribution < -0.4 is 0 Å². The highest BCUT2D eigenvalue weighted by Crippen LogP contribution is 2.41. The van der Waals surface area contributed by atoms with E-state index in [1.54, 1.807) is 0 Å². The molecule has 3 aromatic rings. The van der Waals surface area contributed by atoms with E-state index in [9.17, 15) is 0 Å². The Labute approximate surface area is 150 Å². The summed E-state index contributed by atoms with van der Waals surface area (Å²) in [5.74, 6) is 0. The van der Waals surface area contributed by atoms with Gasteiger partial charge in [0, 0.05) is 5.16 Å². The first kappa shape index (κ1) is 18.7. The van der Waals surface area contributed by atoms with Gasteiger partial charge in [-0.2, -0.15) is 0 Å². The summed E-state index contributed by atoms with van der Waals surface area (Å²) in [7, 11) is 3.09. The van der Waals surface area contributed by atoms with Gasteiger partial charge < -0.3 is 10.2 Å². The lowest BCUT2D eigenvalue weighted by molar-refractivity contribution is 0.137. The van der Waals surface area contributed by atoms with E-state index >= 15 is 0 Å². The zero-order chi connectivity index (χ0) is 18.1. The van der Waals surface area contributed by atoms with E-state index in [0.717, 1.165) is 6.42 Å². The second-order valence-corrected chi connectivity index (χ2v) is 6.63. The van der Waals surface area contributed by atoms with Gasteiger partial charge in [-0.1, -0.05) is 91.0 Å². The summed E-state index contributed by atoms with van der Waals surface area (Å²) in [6, 6.07) is 32.1. The molecule has 0 amide bonds. The molecular weight excluding hydrogens is 331 g/mol. The summed E-state index contributed by atoms with van der Waals surface area (Å²) in [4.78, 5) is 8.56. The molecule has 1 unspecified atom stereocenters. The van der Waals surface area contributed by atoms with Crippen LogP contribution in [0.5, 0.6) is 0 Å². The van der Waals surface area contributed by atoms with Crippen LogP contribution in [0, 0.1) is 0 Å². The highest BCUT2D eigenvalue weighted by atomic mass is 31.0. The summed E-state index contributed by atoms with van der Waals surface area (Å²) in [5.41, 5.74) is 4.00. The Morgan fingerprint density at radius 2 is 1.04 bits per heavy atom. The number of benzene rings is 3. The maximum absolute atomic E-state index is 8.56. The summed E-state index contributed by atoms with van der Waals surface area (Å²) >= 11 is 0. The van der Waals surface area contributed by atoms with Crippen molar-refractivity contribution >= 4 is 15.4 Å².